The van der Waals surface area contributed by atoms with Crippen molar-refractivity contribution in [2.24, 2.45) is 0 Å². The van der Waals surface area contributed by atoms with Gasteiger partial charge in [-0.1, -0.05) is 6.07 Å². The molecule has 0 radical (unpaired) electrons. The fourth-order valence-corrected chi connectivity index (χ4v) is 2.93. The first-order valence-corrected chi connectivity index (χ1v) is 7.48. The minimum absolute atomic E-state index is 0.683. The Morgan fingerprint density at radius 1 is 1.10 bits per heavy atom. The van der Waals surface area contributed by atoms with Gasteiger partial charge in [-0.3, -0.25) is 4.90 Å². The van der Waals surface area contributed by atoms with E-state index in [0.717, 1.165) is 30.6 Å². The Hall–Kier alpha value is -1.26. The third kappa shape index (κ3) is 3.25. The first-order chi connectivity index (χ1) is 9.78. The third-order valence-corrected chi connectivity index (χ3v) is 4.18. The van der Waals surface area contributed by atoms with E-state index in [9.17, 15) is 0 Å². The summed E-state index contributed by atoms with van der Waals surface area (Å²) in [4.78, 5) is 2.52. The summed E-state index contributed by atoms with van der Waals surface area (Å²) >= 11 is 0. The van der Waals surface area contributed by atoms with Crippen molar-refractivity contribution >= 4 is 0 Å². The number of ether oxygens (including phenoxy) is 2. The van der Waals surface area contributed by atoms with E-state index in [1.54, 1.807) is 14.2 Å². The molecule has 1 saturated carbocycles. The van der Waals surface area contributed by atoms with Crippen LogP contribution in [0.25, 0.3) is 0 Å². The molecule has 0 spiro atoms. The second kappa shape index (κ2) is 6.02. The van der Waals surface area contributed by atoms with Crippen LogP contribution in [-0.2, 0) is 6.54 Å². The maximum Gasteiger partial charge on any atom is 0.161 e. The smallest absolute Gasteiger partial charge is 0.161 e. The quantitative estimate of drug-likeness (QED) is 0.862. The van der Waals surface area contributed by atoms with Crippen LogP contribution in [0.15, 0.2) is 18.2 Å². The largest absolute Gasteiger partial charge is 0.493 e. The van der Waals surface area contributed by atoms with Gasteiger partial charge in [0.15, 0.2) is 11.5 Å². The van der Waals surface area contributed by atoms with Crippen LogP contribution in [0.3, 0.4) is 0 Å². The van der Waals surface area contributed by atoms with Crippen LogP contribution in [0.5, 0.6) is 11.5 Å². The third-order valence-electron chi connectivity index (χ3n) is 4.18. The molecule has 0 bridgehead atoms. The molecule has 1 aromatic carbocycles. The fraction of sp³-hybridized carbons (Fsp3) is 0.625. The van der Waals surface area contributed by atoms with Gasteiger partial charge in [-0.25, -0.2) is 0 Å². The molecule has 1 atom stereocenters. The Labute approximate surface area is 121 Å². The van der Waals surface area contributed by atoms with Crippen LogP contribution in [0.1, 0.15) is 24.8 Å². The molecule has 2 fully saturated rings. The molecule has 4 heteroatoms. The van der Waals surface area contributed by atoms with Crippen LogP contribution >= 0.6 is 0 Å². The highest BCUT2D eigenvalue weighted by molar-refractivity contribution is 5.42. The summed E-state index contributed by atoms with van der Waals surface area (Å²) in [6, 6.07) is 7.69. The first kappa shape index (κ1) is 13.7. The molecule has 0 amide bonds. The molecule has 1 N–H and O–H groups in total. The van der Waals surface area contributed by atoms with Gasteiger partial charge in [-0.15, -0.1) is 0 Å². The number of likely N-dealkylation sites (tertiary alicyclic amines) is 1. The zero-order valence-electron chi connectivity index (χ0n) is 12.4. The topological polar surface area (TPSA) is 33.7 Å². The molecule has 20 heavy (non-hydrogen) atoms. The van der Waals surface area contributed by atoms with Crippen molar-refractivity contribution in [1.29, 1.82) is 0 Å². The van der Waals surface area contributed by atoms with Crippen molar-refractivity contribution in [3.05, 3.63) is 23.8 Å². The molecule has 4 nitrogen and oxygen atoms in total. The molecule has 110 valence electrons. The Kier molecular flexibility index (Phi) is 4.13. The van der Waals surface area contributed by atoms with Crippen molar-refractivity contribution in [3.63, 3.8) is 0 Å². The highest BCUT2D eigenvalue weighted by atomic mass is 16.5. The number of nitrogens with one attached hydrogen (secondary N) is 1. The Morgan fingerprint density at radius 3 is 2.60 bits per heavy atom. The number of hydrogen-bond donors (Lipinski definition) is 1. The van der Waals surface area contributed by atoms with Crippen LogP contribution in [0, 0.1) is 0 Å². The van der Waals surface area contributed by atoms with Crippen LogP contribution in [0.4, 0.5) is 0 Å². The summed E-state index contributed by atoms with van der Waals surface area (Å²) in [5.41, 5.74) is 1.29. The average Bonchev–Trinajstić information content (AvgIpc) is 3.17. The predicted octanol–water partition coefficient (Wildman–Crippen LogP) is 2.03. The van der Waals surface area contributed by atoms with Crippen molar-refractivity contribution in [3.8, 4) is 11.5 Å². The predicted molar refractivity (Wildman–Crippen MR) is 79.4 cm³/mol. The van der Waals surface area contributed by atoms with E-state index in [1.165, 1.54) is 31.4 Å². The summed E-state index contributed by atoms with van der Waals surface area (Å²) in [5.74, 6) is 1.61. The second-order valence-electron chi connectivity index (χ2n) is 5.85. The lowest BCUT2D eigenvalue weighted by atomic mass is 10.2. The molecule has 3 rings (SSSR count). The lowest BCUT2D eigenvalue weighted by Crippen LogP contribution is -2.33. The SMILES string of the molecule is COc1ccc(CN2CCC(NC3CC3)C2)cc1OC. The molecule has 0 aromatic heterocycles. The van der Waals surface area contributed by atoms with E-state index >= 15 is 0 Å². The van der Waals surface area contributed by atoms with Crippen molar-refractivity contribution in [2.45, 2.75) is 37.9 Å². The number of benzene rings is 1. The first-order valence-electron chi connectivity index (χ1n) is 7.48. The molecule has 1 unspecified atom stereocenters. The molecular weight excluding hydrogens is 252 g/mol. The molecule has 1 aromatic rings. The minimum atomic E-state index is 0.683. The minimum Gasteiger partial charge on any atom is -0.493 e. The average molecular weight is 276 g/mol. The van der Waals surface area contributed by atoms with Gasteiger partial charge in [0.25, 0.3) is 0 Å². The van der Waals surface area contributed by atoms with Crippen molar-refractivity contribution < 1.29 is 9.47 Å². The van der Waals surface area contributed by atoms with Crippen molar-refractivity contribution in [2.75, 3.05) is 27.3 Å². The summed E-state index contributed by atoms with van der Waals surface area (Å²) in [7, 11) is 3.36. The van der Waals surface area contributed by atoms with Crippen molar-refractivity contribution in [1.82, 2.24) is 10.2 Å². The van der Waals surface area contributed by atoms with E-state index in [2.05, 4.69) is 22.3 Å². The normalized spacial score (nSPS) is 23.0. The van der Waals surface area contributed by atoms with E-state index in [-0.39, 0.29) is 0 Å². The zero-order valence-corrected chi connectivity index (χ0v) is 12.4. The Morgan fingerprint density at radius 2 is 1.90 bits per heavy atom. The maximum atomic E-state index is 5.37. The molecule has 2 aliphatic rings. The summed E-state index contributed by atoms with van der Waals surface area (Å²) in [6.45, 7) is 3.33. The lowest BCUT2D eigenvalue weighted by molar-refractivity contribution is 0.317. The van der Waals surface area contributed by atoms with Gasteiger partial charge in [-0.2, -0.15) is 0 Å². The van der Waals surface area contributed by atoms with Gasteiger partial charge in [0.05, 0.1) is 14.2 Å². The summed E-state index contributed by atoms with van der Waals surface area (Å²) in [5, 5.41) is 3.72. The second-order valence-corrected chi connectivity index (χ2v) is 5.85. The molecule has 1 heterocycles. The molecule has 1 aliphatic carbocycles. The monoisotopic (exact) mass is 276 g/mol. The Bertz CT molecular complexity index is 460. The summed E-state index contributed by atoms with van der Waals surface area (Å²) < 4.78 is 10.6. The number of nitrogens with zero attached hydrogens (tertiary/aromatic N) is 1. The van der Waals surface area contributed by atoms with Crippen LogP contribution in [-0.4, -0.2) is 44.3 Å². The highest BCUT2D eigenvalue weighted by Crippen LogP contribution is 2.28. The van der Waals surface area contributed by atoms with Gasteiger partial charge >= 0.3 is 0 Å². The van der Waals surface area contributed by atoms with Crippen LogP contribution in [0.2, 0.25) is 0 Å². The van der Waals surface area contributed by atoms with Gasteiger partial charge in [0.2, 0.25) is 0 Å². The number of methoxy groups -OCH3 is 2. The molecule has 1 saturated heterocycles. The standard InChI is InChI=1S/C16H24N2O2/c1-19-15-6-3-12(9-16(15)20-2)10-18-8-7-14(11-18)17-13-4-5-13/h3,6,9,13-14,17H,4-5,7-8,10-11H2,1-2H3. The highest BCUT2D eigenvalue weighted by Gasteiger charge is 2.29. The van der Waals surface area contributed by atoms with Gasteiger partial charge in [0.1, 0.15) is 0 Å². The van der Waals surface area contributed by atoms with E-state index in [4.69, 9.17) is 9.47 Å². The van der Waals surface area contributed by atoms with Gasteiger partial charge in [0, 0.05) is 31.7 Å². The lowest BCUT2D eigenvalue weighted by Gasteiger charge is -2.17. The van der Waals surface area contributed by atoms with E-state index < -0.39 is 0 Å². The number of hydrogen-bond acceptors (Lipinski definition) is 4. The van der Waals surface area contributed by atoms with Gasteiger partial charge in [-0.05, 0) is 37.0 Å². The summed E-state index contributed by atoms with van der Waals surface area (Å²) in [6.07, 6.45) is 4.00. The van der Waals surface area contributed by atoms with Crippen LogP contribution < -0.4 is 14.8 Å². The number of rotatable bonds is 6. The molecular formula is C16H24N2O2. The maximum absolute atomic E-state index is 5.37. The van der Waals surface area contributed by atoms with E-state index in [0.29, 0.717) is 6.04 Å². The molecule has 1 aliphatic heterocycles. The zero-order chi connectivity index (χ0) is 13.9. The van der Waals surface area contributed by atoms with Gasteiger partial charge < -0.3 is 14.8 Å². The Balaban J connectivity index is 1.57. The van der Waals surface area contributed by atoms with E-state index in [1.807, 2.05) is 6.07 Å². The fourth-order valence-electron chi connectivity index (χ4n) is 2.93.